The highest BCUT2D eigenvalue weighted by molar-refractivity contribution is 5.96. The maximum Gasteiger partial charge on any atom is 0.251 e. The summed E-state index contributed by atoms with van der Waals surface area (Å²) in [4.78, 5) is 14.9. The topological polar surface area (TPSA) is 32.3 Å². The highest BCUT2D eigenvalue weighted by Gasteiger charge is 2.37. The van der Waals surface area contributed by atoms with Crippen molar-refractivity contribution in [2.24, 2.45) is 5.92 Å². The molecule has 0 aromatic heterocycles. The van der Waals surface area contributed by atoms with Gasteiger partial charge in [0, 0.05) is 37.7 Å². The molecule has 2 aliphatic rings. The molecule has 1 fully saturated rings. The number of carbonyl (C=O) groups excluding carboxylic acids is 1. The fourth-order valence-corrected chi connectivity index (χ4v) is 4.67. The van der Waals surface area contributed by atoms with Gasteiger partial charge in [-0.1, -0.05) is 60.7 Å². The van der Waals surface area contributed by atoms with Gasteiger partial charge in [-0.05, 0) is 33.9 Å². The predicted molar refractivity (Wildman–Crippen MR) is 104 cm³/mol. The number of rotatable bonds is 2. The average Bonchev–Trinajstić information content (AvgIpc) is 3.03. The van der Waals surface area contributed by atoms with Gasteiger partial charge in [-0.15, -0.1) is 0 Å². The van der Waals surface area contributed by atoms with Crippen LogP contribution < -0.4 is 5.32 Å². The number of hydrogen-bond donors (Lipinski definition) is 1. The van der Waals surface area contributed by atoms with E-state index in [0.717, 1.165) is 31.7 Å². The Morgan fingerprint density at radius 2 is 1.73 bits per heavy atom. The lowest BCUT2D eigenvalue weighted by atomic mass is 9.87. The summed E-state index contributed by atoms with van der Waals surface area (Å²) in [6.07, 6.45) is 0. The third-order valence-electron chi connectivity index (χ3n) is 5.92. The summed E-state index contributed by atoms with van der Waals surface area (Å²) >= 11 is 0. The van der Waals surface area contributed by atoms with E-state index in [4.69, 9.17) is 0 Å². The van der Waals surface area contributed by atoms with Gasteiger partial charge in [0.1, 0.15) is 0 Å². The number of hydrogen-bond acceptors (Lipinski definition) is 2. The van der Waals surface area contributed by atoms with Crippen LogP contribution in [0.3, 0.4) is 0 Å². The maximum absolute atomic E-state index is 12.3. The fourth-order valence-electron chi connectivity index (χ4n) is 4.67. The SMILES string of the molecule is O=C1NC[C@H]2CN(Cc3cccc4ccccc34)C[C@H]2c2ccccc21. The molecule has 2 atom stereocenters. The van der Waals surface area contributed by atoms with Crippen molar-refractivity contribution in [3.8, 4) is 0 Å². The van der Waals surface area contributed by atoms with Gasteiger partial charge < -0.3 is 5.32 Å². The lowest BCUT2D eigenvalue weighted by Crippen LogP contribution is -2.29. The molecule has 0 saturated carbocycles. The first-order valence-corrected chi connectivity index (χ1v) is 9.36. The smallest absolute Gasteiger partial charge is 0.251 e. The van der Waals surface area contributed by atoms with Crippen molar-refractivity contribution in [3.05, 3.63) is 83.4 Å². The molecule has 26 heavy (non-hydrogen) atoms. The molecule has 0 bridgehead atoms. The number of benzene rings is 3. The standard InChI is InChI=1S/C23H22N2O/c26-23-21-11-4-3-10-20(21)22-15-25(14-18(22)12-24-23)13-17-8-5-7-16-6-1-2-9-19(16)17/h1-11,18,22H,12-15H2,(H,24,26)/t18-,22+/m0/s1. The number of carbonyl (C=O) groups is 1. The zero-order valence-corrected chi connectivity index (χ0v) is 14.7. The predicted octanol–water partition coefficient (Wildman–Crippen LogP) is 3.80. The van der Waals surface area contributed by atoms with Gasteiger partial charge in [0.15, 0.2) is 0 Å². The van der Waals surface area contributed by atoms with E-state index in [1.165, 1.54) is 21.9 Å². The van der Waals surface area contributed by atoms with E-state index in [1.54, 1.807) is 0 Å². The summed E-state index contributed by atoms with van der Waals surface area (Å²) in [5, 5.41) is 5.77. The van der Waals surface area contributed by atoms with Crippen molar-refractivity contribution in [2.75, 3.05) is 19.6 Å². The van der Waals surface area contributed by atoms with Gasteiger partial charge in [-0.25, -0.2) is 0 Å². The fraction of sp³-hybridized carbons (Fsp3) is 0.261. The number of amides is 1. The Morgan fingerprint density at radius 3 is 2.69 bits per heavy atom. The minimum atomic E-state index is 0.0793. The van der Waals surface area contributed by atoms with Gasteiger partial charge >= 0.3 is 0 Å². The summed E-state index contributed by atoms with van der Waals surface area (Å²) in [5.41, 5.74) is 3.46. The molecule has 1 N–H and O–H groups in total. The highest BCUT2D eigenvalue weighted by atomic mass is 16.1. The molecule has 0 aliphatic carbocycles. The molecular formula is C23H22N2O. The molecular weight excluding hydrogens is 320 g/mol. The monoisotopic (exact) mass is 342 g/mol. The van der Waals surface area contributed by atoms with E-state index < -0.39 is 0 Å². The van der Waals surface area contributed by atoms with E-state index in [9.17, 15) is 4.79 Å². The Hall–Kier alpha value is -2.65. The maximum atomic E-state index is 12.3. The van der Waals surface area contributed by atoms with E-state index >= 15 is 0 Å². The lowest BCUT2D eigenvalue weighted by molar-refractivity contribution is 0.0951. The van der Waals surface area contributed by atoms with Crippen LogP contribution in [0.4, 0.5) is 0 Å². The first-order chi connectivity index (χ1) is 12.8. The normalized spacial score (nSPS) is 22.5. The van der Waals surface area contributed by atoms with Crippen molar-refractivity contribution in [1.29, 1.82) is 0 Å². The van der Waals surface area contributed by atoms with E-state index in [-0.39, 0.29) is 5.91 Å². The molecule has 1 saturated heterocycles. The van der Waals surface area contributed by atoms with Crippen molar-refractivity contribution in [2.45, 2.75) is 12.5 Å². The Balaban J connectivity index is 1.44. The molecule has 3 aromatic carbocycles. The Morgan fingerprint density at radius 1 is 0.923 bits per heavy atom. The third-order valence-corrected chi connectivity index (χ3v) is 5.92. The minimum Gasteiger partial charge on any atom is -0.352 e. The molecule has 2 heterocycles. The van der Waals surface area contributed by atoms with Crippen LogP contribution in [0.2, 0.25) is 0 Å². The minimum absolute atomic E-state index is 0.0793. The second-order valence-electron chi connectivity index (χ2n) is 7.50. The van der Waals surface area contributed by atoms with Crippen LogP contribution >= 0.6 is 0 Å². The molecule has 0 radical (unpaired) electrons. The summed E-state index contributed by atoms with van der Waals surface area (Å²) in [6.45, 7) is 3.77. The summed E-state index contributed by atoms with van der Waals surface area (Å²) in [6, 6.07) is 23.3. The van der Waals surface area contributed by atoms with Gasteiger partial charge in [-0.2, -0.15) is 0 Å². The van der Waals surface area contributed by atoms with Crippen LogP contribution in [0.5, 0.6) is 0 Å². The Kier molecular flexibility index (Phi) is 3.75. The van der Waals surface area contributed by atoms with Gasteiger partial charge in [0.25, 0.3) is 5.91 Å². The molecule has 0 unspecified atom stereocenters. The number of likely N-dealkylation sites (tertiary alicyclic amines) is 1. The summed E-state index contributed by atoms with van der Waals surface area (Å²) in [5.74, 6) is 0.994. The highest BCUT2D eigenvalue weighted by Crippen LogP contribution is 2.37. The summed E-state index contributed by atoms with van der Waals surface area (Å²) in [7, 11) is 0. The van der Waals surface area contributed by atoms with Crippen molar-refractivity contribution < 1.29 is 4.79 Å². The molecule has 5 rings (SSSR count). The molecule has 3 aromatic rings. The van der Waals surface area contributed by atoms with Crippen molar-refractivity contribution >= 4 is 16.7 Å². The second-order valence-corrected chi connectivity index (χ2v) is 7.50. The van der Waals surface area contributed by atoms with Gasteiger partial charge in [-0.3, -0.25) is 9.69 Å². The molecule has 2 aliphatic heterocycles. The van der Waals surface area contributed by atoms with Crippen LogP contribution in [0.1, 0.15) is 27.4 Å². The first kappa shape index (κ1) is 15.6. The number of fused-ring (bicyclic) bond motifs is 4. The number of nitrogens with one attached hydrogen (secondary N) is 1. The zero-order chi connectivity index (χ0) is 17.5. The quantitative estimate of drug-likeness (QED) is 0.768. The van der Waals surface area contributed by atoms with E-state index in [0.29, 0.717) is 11.8 Å². The molecule has 130 valence electrons. The molecule has 3 nitrogen and oxygen atoms in total. The van der Waals surface area contributed by atoms with Gasteiger partial charge in [0.05, 0.1) is 0 Å². The Labute approximate surface area is 153 Å². The van der Waals surface area contributed by atoms with Crippen LogP contribution in [0.25, 0.3) is 10.8 Å². The van der Waals surface area contributed by atoms with Gasteiger partial charge in [0.2, 0.25) is 0 Å². The largest absolute Gasteiger partial charge is 0.352 e. The van der Waals surface area contributed by atoms with Crippen molar-refractivity contribution in [1.82, 2.24) is 10.2 Å². The Bertz CT molecular complexity index is 975. The lowest BCUT2D eigenvalue weighted by Gasteiger charge is -2.18. The summed E-state index contributed by atoms with van der Waals surface area (Å²) < 4.78 is 0. The molecule has 3 heteroatoms. The second kappa shape index (κ2) is 6.26. The van der Waals surface area contributed by atoms with E-state index in [1.807, 2.05) is 12.1 Å². The van der Waals surface area contributed by atoms with Crippen LogP contribution in [-0.4, -0.2) is 30.4 Å². The van der Waals surface area contributed by atoms with Crippen LogP contribution in [0, 0.1) is 5.92 Å². The molecule has 1 amide bonds. The third kappa shape index (κ3) is 2.60. The molecule has 0 spiro atoms. The average molecular weight is 342 g/mol. The zero-order valence-electron chi connectivity index (χ0n) is 14.7. The first-order valence-electron chi connectivity index (χ1n) is 9.36. The van der Waals surface area contributed by atoms with Crippen molar-refractivity contribution in [3.63, 3.8) is 0 Å². The number of nitrogens with zero attached hydrogens (tertiary/aromatic N) is 1. The van der Waals surface area contributed by atoms with Crippen LogP contribution in [0.15, 0.2) is 66.7 Å². The van der Waals surface area contributed by atoms with Crippen LogP contribution in [-0.2, 0) is 6.54 Å². The van der Waals surface area contributed by atoms with E-state index in [2.05, 4.69) is 64.8 Å².